The van der Waals surface area contributed by atoms with Crippen molar-refractivity contribution in [2.45, 2.75) is 50.8 Å². The van der Waals surface area contributed by atoms with E-state index in [0.717, 1.165) is 19.5 Å². The Bertz CT molecular complexity index is 210. The zero-order valence-electron chi connectivity index (χ0n) is 10.0. The lowest BCUT2D eigenvalue weighted by Gasteiger charge is -2.35. The van der Waals surface area contributed by atoms with Crippen molar-refractivity contribution in [1.82, 2.24) is 9.80 Å². The molecular formula is C12H24N2O. The molecule has 3 nitrogen and oxygen atoms in total. The average molecular weight is 212 g/mol. The minimum atomic E-state index is -0.0733. The van der Waals surface area contributed by atoms with Gasteiger partial charge < -0.3 is 10.0 Å². The van der Waals surface area contributed by atoms with Crippen molar-refractivity contribution in [3.8, 4) is 0 Å². The van der Waals surface area contributed by atoms with Crippen LogP contribution in [0.15, 0.2) is 0 Å². The molecule has 1 aliphatic carbocycles. The summed E-state index contributed by atoms with van der Waals surface area (Å²) in [5, 5.41) is 9.96. The Morgan fingerprint density at radius 3 is 2.60 bits per heavy atom. The van der Waals surface area contributed by atoms with E-state index in [0.29, 0.717) is 12.1 Å². The van der Waals surface area contributed by atoms with Gasteiger partial charge in [-0.15, -0.1) is 0 Å². The maximum absolute atomic E-state index is 9.96. The number of likely N-dealkylation sites (N-methyl/N-ethyl adjacent to an activating group) is 1. The predicted molar refractivity (Wildman–Crippen MR) is 61.9 cm³/mol. The van der Waals surface area contributed by atoms with Gasteiger partial charge in [-0.3, -0.25) is 4.90 Å². The van der Waals surface area contributed by atoms with Crippen LogP contribution in [-0.2, 0) is 0 Å². The summed E-state index contributed by atoms with van der Waals surface area (Å²) in [6, 6.07) is 1.03. The zero-order valence-corrected chi connectivity index (χ0v) is 10.0. The second kappa shape index (κ2) is 4.81. The third-order valence-electron chi connectivity index (χ3n) is 3.97. The third-order valence-corrected chi connectivity index (χ3v) is 3.97. The van der Waals surface area contributed by atoms with E-state index in [1.807, 2.05) is 0 Å². The van der Waals surface area contributed by atoms with Gasteiger partial charge in [0, 0.05) is 25.2 Å². The summed E-state index contributed by atoms with van der Waals surface area (Å²) in [6.07, 6.45) is 4.56. The highest BCUT2D eigenvalue weighted by molar-refractivity contribution is 4.89. The number of aliphatic hydroxyl groups is 1. The monoisotopic (exact) mass is 212 g/mol. The van der Waals surface area contributed by atoms with Crippen molar-refractivity contribution in [2.75, 3.05) is 26.7 Å². The van der Waals surface area contributed by atoms with Crippen LogP contribution in [0.5, 0.6) is 0 Å². The van der Waals surface area contributed by atoms with Crippen LogP contribution in [0.2, 0.25) is 0 Å². The van der Waals surface area contributed by atoms with Crippen LogP contribution in [0.3, 0.4) is 0 Å². The first kappa shape index (κ1) is 11.4. The second-order valence-corrected chi connectivity index (χ2v) is 5.27. The molecule has 1 unspecified atom stereocenters. The van der Waals surface area contributed by atoms with Crippen LogP contribution >= 0.6 is 0 Å². The highest BCUT2D eigenvalue weighted by Crippen LogP contribution is 2.27. The van der Waals surface area contributed by atoms with Gasteiger partial charge in [0.15, 0.2) is 0 Å². The lowest BCUT2D eigenvalue weighted by Crippen LogP contribution is -2.47. The standard InChI is InChI=1S/C12H24N2O/c1-10-9-13(2)7-4-8-14(10)11-5-3-6-12(11)15/h10-12,15H,3-9H2,1-2H3/t10?,11-,12-/m0/s1. The lowest BCUT2D eigenvalue weighted by atomic mass is 10.1. The average Bonchev–Trinajstić information content (AvgIpc) is 2.51. The molecule has 15 heavy (non-hydrogen) atoms. The van der Waals surface area contributed by atoms with Crippen molar-refractivity contribution >= 4 is 0 Å². The highest BCUT2D eigenvalue weighted by atomic mass is 16.3. The smallest absolute Gasteiger partial charge is 0.0695 e. The van der Waals surface area contributed by atoms with Crippen molar-refractivity contribution in [1.29, 1.82) is 0 Å². The Morgan fingerprint density at radius 2 is 1.93 bits per heavy atom. The molecule has 2 fully saturated rings. The fourth-order valence-electron chi connectivity index (χ4n) is 3.19. The van der Waals surface area contributed by atoms with E-state index in [4.69, 9.17) is 0 Å². The summed E-state index contributed by atoms with van der Waals surface area (Å²) in [4.78, 5) is 4.95. The molecule has 0 radical (unpaired) electrons. The minimum absolute atomic E-state index is 0.0733. The molecule has 3 heteroatoms. The van der Waals surface area contributed by atoms with Gasteiger partial charge >= 0.3 is 0 Å². The molecule has 2 rings (SSSR count). The molecule has 0 aromatic carbocycles. The number of hydrogen-bond acceptors (Lipinski definition) is 3. The summed E-state index contributed by atoms with van der Waals surface area (Å²) in [5.41, 5.74) is 0. The van der Waals surface area contributed by atoms with Crippen molar-refractivity contribution in [2.24, 2.45) is 0 Å². The Hall–Kier alpha value is -0.120. The van der Waals surface area contributed by atoms with Crippen molar-refractivity contribution < 1.29 is 5.11 Å². The van der Waals surface area contributed by atoms with Crippen LogP contribution in [-0.4, -0.2) is 59.8 Å². The topological polar surface area (TPSA) is 26.7 Å². The molecule has 3 atom stereocenters. The van der Waals surface area contributed by atoms with E-state index in [2.05, 4.69) is 23.8 Å². The summed E-state index contributed by atoms with van der Waals surface area (Å²) < 4.78 is 0. The molecule has 1 N–H and O–H groups in total. The largest absolute Gasteiger partial charge is 0.391 e. The Kier molecular flexibility index (Phi) is 3.65. The number of aliphatic hydroxyl groups excluding tert-OH is 1. The Balaban J connectivity index is 2.00. The first-order valence-electron chi connectivity index (χ1n) is 6.31. The van der Waals surface area contributed by atoms with Gasteiger partial charge in [0.2, 0.25) is 0 Å². The second-order valence-electron chi connectivity index (χ2n) is 5.27. The van der Waals surface area contributed by atoms with Crippen LogP contribution in [0.4, 0.5) is 0 Å². The van der Waals surface area contributed by atoms with Gasteiger partial charge in [-0.05, 0) is 46.2 Å². The number of nitrogens with zero attached hydrogens (tertiary/aromatic N) is 2. The minimum Gasteiger partial charge on any atom is -0.391 e. The van der Waals surface area contributed by atoms with E-state index < -0.39 is 0 Å². The predicted octanol–water partition coefficient (Wildman–Crippen LogP) is 0.926. The molecule has 0 spiro atoms. The summed E-state index contributed by atoms with van der Waals surface area (Å²) >= 11 is 0. The van der Waals surface area contributed by atoms with E-state index >= 15 is 0 Å². The third kappa shape index (κ3) is 2.52. The van der Waals surface area contributed by atoms with E-state index in [-0.39, 0.29) is 6.10 Å². The highest BCUT2D eigenvalue weighted by Gasteiger charge is 2.34. The van der Waals surface area contributed by atoms with Crippen LogP contribution < -0.4 is 0 Å². The fourth-order valence-corrected chi connectivity index (χ4v) is 3.19. The lowest BCUT2D eigenvalue weighted by molar-refractivity contribution is 0.0490. The molecule has 0 bridgehead atoms. The van der Waals surface area contributed by atoms with Crippen LogP contribution in [0.1, 0.15) is 32.6 Å². The van der Waals surface area contributed by atoms with Crippen molar-refractivity contribution in [3.63, 3.8) is 0 Å². The number of hydrogen-bond donors (Lipinski definition) is 1. The van der Waals surface area contributed by atoms with Crippen LogP contribution in [0.25, 0.3) is 0 Å². The van der Waals surface area contributed by atoms with Crippen LogP contribution in [0, 0.1) is 0 Å². The van der Waals surface area contributed by atoms with E-state index in [1.54, 1.807) is 0 Å². The Labute approximate surface area is 93.1 Å². The Morgan fingerprint density at radius 1 is 1.13 bits per heavy atom. The summed E-state index contributed by atoms with van der Waals surface area (Å²) in [6.45, 7) is 5.80. The molecule has 0 amide bonds. The SMILES string of the molecule is CC1CN(C)CCCN1[C@H]1CCC[C@@H]1O. The summed E-state index contributed by atoms with van der Waals surface area (Å²) in [5.74, 6) is 0. The van der Waals surface area contributed by atoms with Gasteiger partial charge in [-0.2, -0.15) is 0 Å². The molecule has 2 aliphatic rings. The maximum Gasteiger partial charge on any atom is 0.0695 e. The molecule has 1 aliphatic heterocycles. The first-order valence-corrected chi connectivity index (χ1v) is 6.31. The normalized spacial score (nSPS) is 40.6. The van der Waals surface area contributed by atoms with Gasteiger partial charge in [0.1, 0.15) is 0 Å². The molecule has 1 saturated carbocycles. The molecule has 0 aromatic heterocycles. The van der Waals surface area contributed by atoms with Gasteiger partial charge in [0.25, 0.3) is 0 Å². The molecular weight excluding hydrogens is 188 g/mol. The molecule has 0 aromatic rings. The summed E-state index contributed by atoms with van der Waals surface area (Å²) in [7, 11) is 2.20. The quantitative estimate of drug-likeness (QED) is 0.700. The zero-order chi connectivity index (χ0) is 10.8. The maximum atomic E-state index is 9.96. The first-order chi connectivity index (χ1) is 7.18. The van der Waals surface area contributed by atoms with Gasteiger partial charge in [-0.1, -0.05) is 0 Å². The molecule has 1 saturated heterocycles. The number of rotatable bonds is 1. The van der Waals surface area contributed by atoms with E-state index in [1.165, 1.54) is 25.8 Å². The van der Waals surface area contributed by atoms with Gasteiger partial charge in [0.05, 0.1) is 6.10 Å². The van der Waals surface area contributed by atoms with Gasteiger partial charge in [-0.25, -0.2) is 0 Å². The fraction of sp³-hybridized carbons (Fsp3) is 1.00. The van der Waals surface area contributed by atoms with E-state index in [9.17, 15) is 5.11 Å². The molecule has 88 valence electrons. The van der Waals surface area contributed by atoms with Crippen molar-refractivity contribution in [3.05, 3.63) is 0 Å². The molecule has 1 heterocycles.